The third-order valence-electron chi connectivity index (χ3n) is 9.71. The minimum atomic E-state index is -0.208. The maximum atomic E-state index is 10.5. The van der Waals surface area contributed by atoms with Crippen molar-refractivity contribution in [2.75, 3.05) is 0 Å². The number of hydrogen-bond donors (Lipinski definition) is 1. The lowest BCUT2D eigenvalue weighted by Gasteiger charge is -2.52. The molecule has 0 radical (unpaired) electrons. The maximum Gasteiger partial charge on any atom is 0.0631 e. The van der Waals surface area contributed by atoms with Gasteiger partial charge < -0.3 is 5.11 Å². The molecule has 4 atom stereocenters. The Labute approximate surface area is 193 Å². The Hall–Kier alpha value is -0.820. The van der Waals surface area contributed by atoms with Crippen LogP contribution in [0.2, 0.25) is 0 Å². The third-order valence-corrected chi connectivity index (χ3v) is 9.71. The van der Waals surface area contributed by atoms with Gasteiger partial charge in [0.05, 0.1) is 6.10 Å². The van der Waals surface area contributed by atoms with Gasteiger partial charge in [0.15, 0.2) is 0 Å². The summed E-state index contributed by atoms with van der Waals surface area (Å²) in [7, 11) is 0. The molecule has 0 bridgehead atoms. The van der Waals surface area contributed by atoms with Crippen molar-refractivity contribution in [3.05, 3.63) is 34.4 Å². The van der Waals surface area contributed by atoms with E-state index >= 15 is 0 Å². The molecule has 1 heteroatoms. The third kappa shape index (κ3) is 5.40. The van der Waals surface area contributed by atoms with Crippen LogP contribution in [-0.4, -0.2) is 11.2 Å². The second-order valence-electron chi connectivity index (χ2n) is 13.1. The van der Waals surface area contributed by atoms with Crippen molar-refractivity contribution in [1.82, 2.24) is 0 Å². The normalized spacial score (nSPS) is 35.6. The first kappa shape index (κ1) is 24.8. The molecule has 3 aliphatic carbocycles. The summed E-state index contributed by atoms with van der Waals surface area (Å²) in [6.07, 6.45) is 17.0. The highest BCUT2D eigenvalue weighted by molar-refractivity contribution is 5.25. The van der Waals surface area contributed by atoms with Gasteiger partial charge in [0.1, 0.15) is 0 Å². The van der Waals surface area contributed by atoms with Gasteiger partial charge in [-0.25, -0.2) is 0 Å². The highest BCUT2D eigenvalue weighted by Crippen LogP contribution is 2.57. The van der Waals surface area contributed by atoms with Crippen LogP contribution < -0.4 is 0 Å². The summed E-state index contributed by atoms with van der Waals surface area (Å²) in [5.74, 6) is 1.30. The van der Waals surface area contributed by atoms with Crippen LogP contribution in [-0.2, 0) is 0 Å². The average Bonchev–Trinajstić information content (AvgIpc) is 2.68. The molecule has 0 aromatic carbocycles. The van der Waals surface area contributed by atoms with E-state index in [1.807, 2.05) is 0 Å². The van der Waals surface area contributed by atoms with Crippen LogP contribution in [0.1, 0.15) is 120 Å². The van der Waals surface area contributed by atoms with Crippen LogP contribution in [0.15, 0.2) is 34.4 Å². The highest BCUT2D eigenvalue weighted by Gasteiger charge is 2.46. The molecule has 0 heterocycles. The molecule has 0 aromatic rings. The number of aliphatic hydroxyl groups excluding tert-OH is 1. The van der Waals surface area contributed by atoms with E-state index in [2.05, 4.69) is 67.5 Å². The fourth-order valence-electron chi connectivity index (χ4n) is 6.97. The molecular weight excluding hydrogens is 376 g/mol. The molecule has 0 spiro atoms. The predicted octanol–water partition coefficient (Wildman–Crippen LogP) is 8.79. The lowest BCUT2D eigenvalue weighted by Crippen LogP contribution is -2.41. The van der Waals surface area contributed by atoms with Gasteiger partial charge >= 0.3 is 0 Å². The molecule has 1 saturated carbocycles. The molecule has 0 saturated heterocycles. The smallest absolute Gasteiger partial charge is 0.0631 e. The van der Waals surface area contributed by atoms with Gasteiger partial charge in [0.2, 0.25) is 0 Å². The first-order valence-electron chi connectivity index (χ1n) is 13.0. The molecule has 3 rings (SSSR count). The number of fused-ring (bicyclic) bond motifs is 1. The van der Waals surface area contributed by atoms with Crippen molar-refractivity contribution in [3.63, 3.8) is 0 Å². The van der Waals surface area contributed by atoms with Crippen LogP contribution in [0.25, 0.3) is 0 Å². The minimum Gasteiger partial charge on any atom is -0.392 e. The Morgan fingerprint density at radius 1 is 1.10 bits per heavy atom. The fraction of sp³-hybridized carbons (Fsp3) is 0.800. The van der Waals surface area contributed by atoms with E-state index in [-0.39, 0.29) is 11.5 Å². The summed E-state index contributed by atoms with van der Waals surface area (Å²) in [6, 6.07) is 0. The first-order valence-corrected chi connectivity index (χ1v) is 13.0. The first-order chi connectivity index (χ1) is 14.4. The van der Waals surface area contributed by atoms with Gasteiger partial charge in [-0.3, -0.25) is 0 Å². The zero-order valence-corrected chi connectivity index (χ0v) is 21.9. The molecule has 4 unspecified atom stereocenters. The Balaban J connectivity index is 1.60. The van der Waals surface area contributed by atoms with E-state index in [1.54, 1.807) is 11.1 Å². The summed E-state index contributed by atoms with van der Waals surface area (Å²) >= 11 is 0. The predicted molar refractivity (Wildman–Crippen MR) is 135 cm³/mol. The topological polar surface area (TPSA) is 20.2 Å². The van der Waals surface area contributed by atoms with Gasteiger partial charge in [-0.2, -0.15) is 0 Å². The Morgan fingerprint density at radius 3 is 2.52 bits per heavy atom. The highest BCUT2D eigenvalue weighted by atomic mass is 16.3. The van der Waals surface area contributed by atoms with Crippen molar-refractivity contribution in [1.29, 1.82) is 0 Å². The van der Waals surface area contributed by atoms with E-state index in [0.717, 1.165) is 25.2 Å². The van der Waals surface area contributed by atoms with E-state index in [1.165, 1.54) is 56.1 Å². The summed E-state index contributed by atoms with van der Waals surface area (Å²) in [4.78, 5) is 0. The number of hydrogen-bond acceptors (Lipinski definition) is 1. The van der Waals surface area contributed by atoms with Crippen molar-refractivity contribution >= 4 is 0 Å². The molecule has 0 amide bonds. The number of rotatable bonds is 6. The monoisotopic (exact) mass is 426 g/mol. The van der Waals surface area contributed by atoms with Crippen molar-refractivity contribution in [2.24, 2.45) is 28.1 Å². The van der Waals surface area contributed by atoms with Gasteiger partial charge in [-0.15, -0.1) is 0 Å². The van der Waals surface area contributed by atoms with Gasteiger partial charge in [0.25, 0.3) is 0 Å². The van der Waals surface area contributed by atoms with Crippen LogP contribution in [0.4, 0.5) is 0 Å². The van der Waals surface area contributed by atoms with E-state index in [9.17, 15) is 5.11 Å². The van der Waals surface area contributed by atoms with Crippen molar-refractivity contribution in [3.8, 4) is 0 Å². The molecule has 31 heavy (non-hydrogen) atoms. The van der Waals surface area contributed by atoms with Crippen LogP contribution >= 0.6 is 0 Å². The Morgan fingerprint density at radius 2 is 1.81 bits per heavy atom. The maximum absolute atomic E-state index is 10.5. The molecular formula is C30H50O. The standard InChI is InChI=1S/C30H50O/c1-21(12-14-25-23(3)13-15-27(31)29(25,6)7)10-9-11-24-22(2)16-17-30(8)19-18-28(4,5)20-26(24)30/h10,13,25-27,31H,9,11-12,14-20H2,1-8H3. The summed E-state index contributed by atoms with van der Waals surface area (Å²) < 4.78 is 0. The van der Waals surface area contributed by atoms with Crippen molar-refractivity contribution < 1.29 is 5.11 Å². The lowest BCUT2D eigenvalue weighted by atomic mass is 9.53. The van der Waals surface area contributed by atoms with Crippen molar-refractivity contribution in [2.45, 2.75) is 126 Å². The van der Waals surface area contributed by atoms with Crippen LogP contribution in [0.3, 0.4) is 0 Å². The largest absolute Gasteiger partial charge is 0.392 e. The van der Waals surface area contributed by atoms with Crippen LogP contribution in [0.5, 0.6) is 0 Å². The summed E-state index contributed by atoms with van der Waals surface area (Å²) in [6.45, 7) is 19.0. The molecule has 1 fully saturated rings. The van der Waals surface area contributed by atoms with E-state index in [0.29, 0.717) is 16.7 Å². The molecule has 1 nitrogen and oxygen atoms in total. The SMILES string of the molecule is CC(=CCCC1=C(C)CCC2(C)CCC(C)(C)CC12)CCC1C(C)=CCC(O)C1(C)C. The minimum absolute atomic E-state index is 0.0125. The zero-order chi connectivity index (χ0) is 23.0. The van der Waals surface area contributed by atoms with E-state index < -0.39 is 0 Å². The zero-order valence-electron chi connectivity index (χ0n) is 21.9. The number of allylic oxidation sites excluding steroid dienone is 5. The second kappa shape index (κ2) is 9.20. The number of aliphatic hydroxyl groups is 1. The van der Waals surface area contributed by atoms with Gasteiger partial charge in [-0.1, -0.05) is 69.1 Å². The molecule has 3 aliphatic rings. The van der Waals surface area contributed by atoms with E-state index in [4.69, 9.17) is 0 Å². The average molecular weight is 427 g/mol. The lowest BCUT2D eigenvalue weighted by molar-refractivity contribution is 0.00849. The van der Waals surface area contributed by atoms with Gasteiger partial charge in [-0.05, 0) is 113 Å². The Kier molecular flexibility index (Phi) is 7.37. The fourth-order valence-corrected chi connectivity index (χ4v) is 6.97. The van der Waals surface area contributed by atoms with Crippen LogP contribution in [0, 0.1) is 28.1 Å². The summed E-state index contributed by atoms with van der Waals surface area (Å²) in [5, 5.41) is 10.5. The van der Waals surface area contributed by atoms with Gasteiger partial charge in [0, 0.05) is 0 Å². The molecule has 1 N–H and O–H groups in total. The summed E-state index contributed by atoms with van der Waals surface area (Å²) in [5.41, 5.74) is 7.55. The quantitative estimate of drug-likeness (QED) is 0.421. The Bertz CT molecular complexity index is 746. The molecule has 0 aromatic heterocycles. The molecule has 176 valence electrons. The second-order valence-corrected chi connectivity index (χ2v) is 13.1. The molecule has 0 aliphatic heterocycles.